The molecule has 0 unspecified atom stereocenters. The summed E-state index contributed by atoms with van der Waals surface area (Å²) in [6.07, 6.45) is 5.91. The van der Waals surface area contributed by atoms with Gasteiger partial charge in [0, 0.05) is 10.0 Å². The summed E-state index contributed by atoms with van der Waals surface area (Å²) in [6.45, 7) is 7.89. The Bertz CT molecular complexity index is 290. The highest BCUT2D eigenvalue weighted by molar-refractivity contribution is 9.11. The van der Waals surface area contributed by atoms with Crippen molar-refractivity contribution < 1.29 is 9.15 Å². The maximum absolute atomic E-state index is 5.61. The van der Waals surface area contributed by atoms with E-state index in [1.807, 2.05) is 12.1 Å². The van der Waals surface area contributed by atoms with Gasteiger partial charge in [-0.1, -0.05) is 28.6 Å². The Hall–Kier alpha value is -0.800. The second kappa shape index (κ2) is 5.83. The van der Waals surface area contributed by atoms with Crippen LogP contribution in [0.5, 0.6) is 0 Å². The fourth-order valence-corrected chi connectivity index (χ4v) is 1.23. The van der Waals surface area contributed by atoms with E-state index in [1.165, 1.54) is 0 Å². The molecule has 1 aromatic heterocycles. The number of ether oxygens (including phenoxy) is 1. The van der Waals surface area contributed by atoms with E-state index in [9.17, 15) is 0 Å². The zero-order chi connectivity index (χ0) is 10.4. The number of furan rings is 1. The third-order valence-electron chi connectivity index (χ3n) is 1.74. The number of hydrogen-bond donors (Lipinski definition) is 0. The van der Waals surface area contributed by atoms with Gasteiger partial charge in [0.05, 0.1) is 25.2 Å². The van der Waals surface area contributed by atoms with Gasteiger partial charge in [-0.25, -0.2) is 0 Å². The van der Waals surface area contributed by atoms with Gasteiger partial charge in [0.25, 0.3) is 0 Å². The first-order valence-electron chi connectivity index (χ1n) is 4.32. The molecule has 0 amide bonds. The van der Waals surface area contributed by atoms with E-state index in [4.69, 9.17) is 9.15 Å². The lowest BCUT2D eigenvalue weighted by atomic mass is 10.1. The summed E-state index contributed by atoms with van der Waals surface area (Å²) >= 11 is 3.25. The van der Waals surface area contributed by atoms with Crippen LogP contribution in [0.1, 0.15) is 18.1 Å². The second-order valence-electron chi connectivity index (χ2n) is 2.90. The molecule has 1 atom stereocenters. The van der Waals surface area contributed by atoms with Crippen LogP contribution in [-0.4, -0.2) is 6.61 Å². The molecule has 14 heavy (non-hydrogen) atoms. The summed E-state index contributed by atoms with van der Waals surface area (Å²) in [6, 6.07) is 1.89. The minimum atomic E-state index is 0.000509. The highest BCUT2D eigenvalue weighted by Crippen LogP contribution is 2.23. The van der Waals surface area contributed by atoms with Crippen molar-refractivity contribution >= 4 is 15.9 Å². The molecule has 1 aromatic rings. The molecule has 0 aliphatic carbocycles. The number of halogens is 1. The van der Waals surface area contributed by atoms with Crippen molar-refractivity contribution in [1.29, 1.82) is 0 Å². The Morgan fingerprint density at radius 3 is 3.00 bits per heavy atom. The van der Waals surface area contributed by atoms with Gasteiger partial charge in [-0.2, -0.15) is 0 Å². The third kappa shape index (κ3) is 3.52. The van der Waals surface area contributed by atoms with Gasteiger partial charge >= 0.3 is 0 Å². The van der Waals surface area contributed by atoms with E-state index in [1.54, 1.807) is 12.5 Å². The number of hydrogen-bond acceptors (Lipinski definition) is 2. The van der Waals surface area contributed by atoms with Gasteiger partial charge in [-0.05, 0) is 12.5 Å². The molecular formula is C11H13BrO2. The Morgan fingerprint density at radius 1 is 1.71 bits per heavy atom. The lowest BCUT2D eigenvalue weighted by Crippen LogP contribution is -2.03. The summed E-state index contributed by atoms with van der Waals surface area (Å²) in [5, 5.41) is 0. The van der Waals surface area contributed by atoms with Crippen molar-refractivity contribution in [2.45, 2.75) is 12.5 Å². The molecular weight excluding hydrogens is 244 g/mol. The summed E-state index contributed by atoms with van der Waals surface area (Å²) in [7, 11) is 0. The molecule has 2 nitrogen and oxygen atoms in total. The van der Waals surface area contributed by atoms with Gasteiger partial charge < -0.3 is 9.15 Å². The largest absolute Gasteiger partial charge is 0.472 e. The normalized spacial score (nSPS) is 12.4. The molecule has 0 spiro atoms. The SMILES string of the molecule is C=CC[C@@H](OCC(=C)Br)c1ccoc1. The molecule has 1 heterocycles. The zero-order valence-electron chi connectivity index (χ0n) is 7.91. The average molecular weight is 257 g/mol. The molecule has 1 rings (SSSR count). The van der Waals surface area contributed by atoms with Crippen LogP contribution in [0.3, 0.4) is 0 Å². The Labute approximate surface area is 92.4 Å². The van der Waals surface area contributed by atoms with Crippen LogP contribution in [0.15, 0.2) is 46.7 Å². The molecule has 0 aromatic carbocycles. The van der Waals surface area contributed by atoms with Gasteiger partial charge in [0.15, 0.2) is 0 Å². The Kier molecular flexibility index (Phi) is 4.70. The molecule has 0 bridgehead atoms. The van der Waals surface area contributed by atoms with Crippen molar-refractivity contribution in [2.75, 3.05) is 6.61 Å². The van der Waals surface area contributed by atoms with Gasteiger partial charge in [0.1, 0.15) is 0 Å². The summed E-state index contributed by atoms with van der Waals surface area (Å²) in [4.78, 5) is 0. The molecule has 0 aliphatic rings. The first kappa shape index (κ1) is 11.3. The molecule has 0 saturated heterocycles. The monoisotopic (exact) mass is 256 g/mol. The fraction of sp³-hybridized carbons (Fsp3) is 0.273. The van der Waals surface area contributed by atoms with Gasteiger partial charge in [-0.15, -0.1) is 6.58 Å². The van der Waals surface area contributed by atoms with Crippen LogP contribution in [0, 0.1) is 0 Å². The zero-order valence-corrected chi connectivity index (χ0v) is 9.50. The van der Waals surface area contributed by atoms with Crippen molar-refractivity contribution in [1.82, 2.24) is 0 Å². The van der Waals surface area contributed by atoms with Crippen LogP contribution < -0.4 is 0 Å². The molecule has 0 radical (unpaired) electrons. The minimum absolute atomic E-state index is 0.000509. The first-order chi connectivity index (χ1) is 6.74. The van der Waals surface area contributed by atoms with Crippen LogP contribution >= 0.6 is 15.9 Å². The molecule has 3 heteroatoms. The Morgan fingerprint density at radius 2 is 2.50 bits per heavy atom. The second-order valence-corrected chi connectivity index (χ2v) is 4.02. The smallest absolute Gasteiger partial charge is 0.0960 e. The van der Waals surface area contributed by atoms with E-state index in [2.05, 4.69) is 29.1 Å². The highest BCUT2D eigenvalue weighted by atomic mass is 79.9. The summed E-state index contributed by atoms with van der Waals surface area (Å²) in [5.41, 5.74) is 1.03. The predicted octanol–water partition coefficient (Wildman–Crippen LogP) is 3.82. The van der Waals surface area contributed by atoms with E-state index in [-0.39, 0.29) is 6.10 Å². The summed E-state index contributed by atoms with van der Waals surface area (Å²) < 4.78 is 11.4. The van der Waals surface area contributed by atoms with Gasteiger partial charge in [-0.3, -0.25) is 0 Å². The molecule has 0 fully saturated rings. The lowest BCUT2D eigenvalue weighted by molar-refractivity contribution is 0.0750. The number of rotatable bonds is 6. The predicted molar refractivity (Wildman–Crippen MR) is 60.3 cm³/mol. The van der Waals surface area contributed by atoms with E-state index in [0.717, 1.165) is 16.5 Å². The van der Waals surface area contributed by atoms with Crippen LogP contribution in [0.2, 0.25) is 0 Å². The quantitative estimate of drug-likeness (QED) is 0.723. The van der Waals surface area contributed by atoms with E-state index in [0.29, 0.717) is 6.61 Å². The van der Waals surface area contributed by atoms with Crippen molar-refractivity contribution in [3.63, 3.8) is 0 Å². The van der Waals surface area contributed by atoms with Crippen molar-refractivity contribution in [3.05, 3.63) is 47.9 Å². The first-order valence-corrected chi connectivity index (χ1v) is 5.11. The van der Waals surface area contributed by atoms with Crippen molar-refractivity contribution in [2.24, 2.45) is 0 Å². The third-order valence-corrected chi connectivity index (χ3v) is 1.97. The topological polar surface area (TPSA) is 22.4 Å². The molecule has 0 saturated carbocycles. The van der Waals surface area contributed by atoms with Crippen LogP contribution in [-0.2, 0) is 4.74 Å². The summed E-state index contributed by atoms with van der Waals surface area (Å²) in [5.74, 6) is 0. The van der Waals surface area contributed by atoms with Crippen molar-refractivity contribution in [3.8, 4) is 0 Å². The Balaban J connectivity index is 2.55. The minimum Gasteiger partial charge on any atom is -0.472 e. The molecule has 76 valence electrons. The van der Waals surface area contributed by atoms with Crippen LogP contribution in [0.25, 0.3) is 0 Å². The lowest BCUT2D eigenvalue weighted by Gasteiger charge is -2.13. The van der Waals surface area contributed by atoms with Gasteiger partial charge in [0.2, 0.25) is 0 Å². The molecule has 0 aliphatic heterocycles. The van der Waals surface area contributed by atoms with Crippen LogP contribution in [0.4, 0.5) is 0 Å². The molecule has 0 N–H and O–H groups in total. The average Bonchev–Trinajstić information content (AvgIpc) is 2.64. The maximum atomic E-state index is 5.61. The van der Waals surface area contributed by atoms with E-state index < -0.39 is 0 Å². The van der Waals surface area contributed by atoms with E-state index >= 15 is 0 Å². The fourth-order valence-electron chi connectivity index (χ4n) is 1.10. The maximum Gasteiger partial charge on any atom is 0.0960 e. The highest BCUT2D eigenvalue weighted by Gasteiger charge is 2.11. The standard InChI is InChI=1S/C11H13BrO2/c1-3-4-11(14-7-9(2)12)10-5-6-13-8-10/h3,5-6,8,11H,1-2,4,7H2/t11-/m1/s1.